The van der Waals surface area contributed by atoms with Gasteiger partial charge in [0.05, 0.1) is 17.5 Å². The van der Waals surface area contributed by atoms with E-state index in [0.29, 0.717) is 12.1 Å². The quantitative estimate of drug-likeness (QED) is 0.548. The smallest absolute Gasteiger partial charge is 0.261 e. The maximum atomic E-state index is 13.4. The van der Waals surface area contributed by atoms with Crippen LogP contribution in [0.15, 0.2) is 78.0 Å². The summed E-state index contributed by atoms with van der Waals surface area (Å²) < 4.78 is 46.6. The van der Waals surface area contributed by atoms with Crippen LogP contribution in [0.2, 0.25) is 0 Å². The first-order chi connectivity index (χ1) is 15.9. The standard InChI is InChI=1S/C23H22FN3O5S/c24-18-2-1-3-20(12-18)33(30,31)26-19-6-4-17(5-7-19)23-21(14-28)27(22(29)15-32-23)13-16-8-10-25-11-9-16/h1-12,21,23,26,28H,13-15H2/t21-,23-/m1/s1. The van der Waals surface area contributed by atoms with Crippen molar-refractivity contribution in [2.75, 3.05) is 17.9 Å². The van der Waals surface area contributed by atoms with Crippen LogP contribution in [0.1, 0.15) is 17.2 Å². The van der Waals surface area contributed by atoms with Crippen molar-refractivity contribution in [3.05, 3.63) is 90.0 Å². The Morgan fingerprint density at radius 3 is 2.52 bits per heavy atom. The Bertz CT molecular complexity index is 1220. The average Bonchev–Trinajstić information content (AvgIpc) is 2.81. The average molecular weight is 472 g/mol. The van der Waals surface area contributed by atoms with E-state index in [9.17, 15) is 22.7 Å². The van der Waals surface area contributed by atoms with E-state index >= 15 is 0 Å². The molecule has 0 spiro atoms. The van der Waals surface area contributed by atoms with Crippen molar-refractivity contribution in [3.63, 3.8) is 0 Å². The number of carbonyl (C=O) groups excluding carboxylic acids is 1. The number of aliphatic hydroxyl groups excluding tert-OH is 1. The number of morpholine rings is 1. The second-order valence-corrected chi connectivity index (χ2v) is 9.23. The van der Waals surface area contributed by atoms with Gasteiger partial charge in [-0.1, -0.05) is 18.2 Å². The van der Waals surface area contributed by atoms with Crippen molar-refractivity contribution < 1.29 is 27.4 Å². The second-order valence-electron chi connectivity index (χ2n) is 7.54. The zero-order chi connectivity index (χ0) is 23.4. The number of nitrogens with one attached hydrogen (secondary N) is 1. The van der Waals surface area contributed by atoms with Gasteiger partial charge in [-0.25, -0.2) is 12.8 Å². The van der Waals surface area contributed by atoms with Crippen LogP contribution in [0, 0.1) is 5.82 Å². The molecule has 1 fully saturated rings. The molecular formula is C23H22FN3O5S. The molecule has 10 heteroatoms. The number of hydrogen-bond donors (Lipinski definition) is 2. The third-order valence-electron chi connectivity index (χ3n) is 5.34. The van der Waals surface area contributed by atoms with Gasteiger partial charge in [-0.05, 0) is 53.6 Å². The van der Waals surface area contributed by atoms with E-state index < -0.39 is 28.0 Å². The minimum Gasteiger partial charge on any atom is -0.394 e. The molecule has 8 nitrogen and oxygen atoms in total. The van der Waals surface area contributed by atoms with E-state index in [0.717, 1.165) is 17.7 Å². The van der Waals surface area contributed by atoms with E-state index in [1.807, 2.05) is 0 Å². The highest BCUT2D eigenvalue weighted by Gasteiger charge is 2.37. The van der Waals surface area contributed by atoms with Crippen LogP contribution in [0.3, 0.4) is 0 Å². The minimum atomic E-state index is -3.96. The normalized spacial score (nSPS) is 18.8. The molecule has 1 aliphatic rings. The Morgan fingerprint density at radius 1 is 1.12 bits per heavy atom. The third-order valence-corrected chi connectivity index (χ3v) is 6.72. The van der Waals surface area contributed by atoms with Crippen LogP contribution >= 0.6 is 0 Å². The number of sulfonamides is 1. The van der Waals surface area contributed by atoms with Crippen LogP contribution in [0.4, 0.5) is 10.1 Å². The fourth-order valence-corrected chi connectivity index (χ4v) is 4.79. The molecule has 4 rings (SSSR count). The molecule has 2 N–H and O–H groups in total. The number of rotatable bonds is 7. The predicted octanol–water partition coefficient (Wildman–Crippen LogP) is 2.48. The zero-order valence-electron chi connectivity index (χ0n) is 17.5. The highest BCUT2D eigenvalue weighted by molar-refractivity contribution is 7.92. The first-order valence-electron chi connectivity index (χ1n) is 10.2. The highest BCUT2D eigenvalue weighted by atomic mass is 32.2. The van der Waals surface area contributed by atoms with Gasteiger partial charge < -0.3 is 14.7 Å². The van der Waals surface area contributed by atoms with Crippen molar-refractivity contribution in [1.29, 1.82) is 0 Å². The topological polar surface area (TPSA) is 109 Å². The Morgan fingerprint density at radius 2 is 1.85 bits per heavy atom. The number of aliphatic hydroxyl groups is 1. The molecule has 1 saturated heterocycles. The van der Waals surface area contributed by atoms with Crippen LogP contribution in [0.25, 0.3) is 0 Å². The lowest BCUT2D eigenvalue weighted by Gasteiger charge is -2.40. The van der Waals surface area contributed by atoms with E-state index in [4.69, 9.17) is 4.74 Å². The van der Waals surface area contributed by atoms with E-state index in [1.54, 1.807) is 53.7 Å². The molecule has 172 valence electrons. The Balaban J connectivity index is 1.52. The van der Waals surface area contributed by atoms with Crippen molar-refractivity contribution in [2.45, 2.75) is 23.6 Å². The predicted molar refractivity (Wildman–Crippen MR) is 118 cm³/mol. The third kappa shape index (κ3) is 5.19. The minimum absolute atomic E-state index is 0.139. The Kier molecular flexibility index (Phi) is 6.68. The number of halogens is 1. The SMILES string of the molecule is O=C1CO[C@H](c2ccc(NS(=O)(=O)c3cccc(F)c3)cc2)[C@@H](CO)N1Cc1ccncc1. The summed E-state index contributed by atoms with van der Waals surface area (Å²) in [4.78, 5) is 17.8. The molecule has 0 bridgehead atoms. The van der Waals surface area contributed by atoms with Crippen molar-refractivity contribution >= 4 is 21.6 Å². The second kappa shape index (κ2) is 9.65. The Labute approximate surface area is 190 Å². The number of anilines is 1. The lowest BCUT2D eigenvalue weighted by Crippen LogP contribution is -2.52. The summed E-state index contributed by atoms with van der Waals surface area (Å²) in [5.41, 5.74) is 1.83. The number of carbonyl (C=O) groups is 1. The zero-order valence-corrected chi connectivity index (χ0v) is 18.3. The molecule has 2 heterocycles. The van der Waals surface area contributed by atoms with Crippen LogP contribution < -0.4 is 4.72 Å². The van der Waals surface area contributed by atoms with E-state index in [2.05, 4.69) is 9.71 Å². The summed E-state index contributed by atoms with van der Waals surface area (Å²) in [6.45, 7) is -0.145. The van der Waals surface area contributed by atoms with Gasteiger partial charge in [0.25, 0.3) is 10.0 Å². The fraction of sp³-hybridized carbons (Fsp3) is 0.217. The van der Waals surface area contributed by atoms with Crippen molar-refractivity contribution in [1.82, 2.24) is 9.88 Å². The summed E-state index contributed by atoms with van der Waals surface area (Å²) in [6, 6.07) is 14.1. The van der Waals surface area contributed by atoms with Crippen LogP contribution in [-0.2, 0) is 26.1 Å². The molecule has 0 saturated carbocycles. The number of pyridine rings is 1. The van der Waals surface area contributed by atoms with Gasteiger partial charge in [-0.3, -0.25) is 14.5 Å². The number of aromatic nitrogens is 1. The largest absolute Gasteiger partial charge is 0.394 e. The van der Waals surface area contributed by atoms with Gasteiger partial charge in [0, 0.05) is 24.6 Å². The fourth-order valence-electron chi connectivity index (χ4n) is 3.70. The molecule has 2 atom stereocenters. The molecular weight excluding hydrogens is 449 g/mol. The number of ether oxygens (including phenoxy) is 1. The molecule has 1 aromatic heterocycles. The van der Waals surface area contributed by atoms with Gasteiger partial charge in [0.2, 0.25) is 5.91 Å². The molecule has 0 unspecified atom stereocenters. The molecule has 0 radical (unpaired) electrons. The monoisotopic (exact) mass is 471 g/mol. The van der Waals surface area contributed by atoms with E-state index in [-0.39, 0.29) is 29.7 Å². The summed E-state index contributed by atoms with van der Waals surface area (Å²) in [5, 5.41) is 10.0. The van der Waals surface area contributed by atoms with Gasteiger partial charge in [-0.2, -0.15) is 0 Å². The maximum Gasteiger partial charge on any atom is 0.261 e. The highest BCUT2D eigenvalue weighted by Crippen LogP contribution is 2.31. The van der Waals surface area contributed by atoms with Crippen molar-refractivity contribution in [2.24, 2.45) is 0 Å². The van der Waals surface area contributed by atoms with Gasteiger partial charge in [-0.15, -0.1) is 0 Å². The number of amides is 1. The maximum absolute atomic E-state index is 13.4. The molecule has 1 aliphatic heterocycles. The van der Waals surface area contributed by atoms with Crippen LogP contribution in [0.5, 0.6) is 0 Å². The Hall–Kier alpha value is -3.34. The van der Waals surface area contributed by atoms with Gasteiger partial charge in [0.1, 0.15) is 18.5 Å². The molecule has 33 heavy (non-hydrogen) atoms. The number of nitrogens with zero attached hydrogens (tertiary/aromatic N) is 2. The summed E-state index contributed by atoms with van der Waals surface area (Å²) in [5.74, 6) is -0.884. The molecule has 2 aromatic carbocycles. The molecule has 1 amide bonds. The van der Waals surface area contributed by atoms with Crippen LogP contribution in [-0.4, -0.2) is 48.6 Å². The van der Waals surface area contributed by atoms with E-state index in [1.165, 1.54) is 12.1 Å². The first kappa shape index (κ1) is 22.8. The number of hydrogen-bond acceptors (Lipinski definition) is 6. The van der Waals surface area contributed by atoms with Crippen molar-refractivity contribution in [3.8, 4) is 0 Å². The number of benzene rings is 2. The lowest BCUT2D eigenvalue weighted by molar-refractivity contribution is -0.162. The van der Waals surface area contributed by atoms with Gasteiger partial charge in [0.15, 0.2) is 0 Å². The van der Waals surface area contributed by atoms with Gasteiger partial charge >= 0.3 is 0 Å². The summed E-state index contributed by atoms with van der Waals surface area (Å²) in [6.07, 6.45) is 2.67. The lowest BCUT2D eigenvalue weighted by atomic mass is 9.98. The molecule has 0 aliphatic carbocycles. The summed E-state index contributed by atoms with van der Waals surface area (Å²) in [7, 11) is -3.96. The molecule has 3 aromatic rings. The first-order valence-corrected chi connectivity index (χ1v) is 11.6. The summed E-state index contributed by atoms with van der Waals surface area (Å²) >= 11 is 0.